The van der Waals surface area contributed by atoms with Gasteiger partial charge in [0.2, 0.25) is 5.43 Å². The Morgan fingerprint density at radius 1 is 1.26 bits per heavy atom. The summed E-state index contributed by atoms with van der Waals surface area (Å²) < 4.78 is 17.0. The first kappa shape index (κ1) is 23.4. The Hall–Kier alpha value is -3.39. The number of pyridine rings is 1. The first-order valence-electron chi connectivity index (χ1n) is 12.1. The normalized spacial score (nSPS) is 25.5. The van der Waals surface area contributed by atoms with Gasteiger partial charge in [-0.15, -0.1) is 0 Å². The zero-order valence-corrected chi connectivity index (χ0v) is 20.1. The molecule has 2 atom stereocenters. The lowest BCUT2D eigenvalue weighted by Gasteiger charge is -2.47. The second-order valence-electron chi connectivity index (χ2n) is 10.5. The molecule has 35 heavy (non-hydrogen) atoms. The third-order valence-electron chi connectivity index (χ3n) is 7.38. The van der Waals surface area contributed by atoms with Gasteiger partial charge in [0.25, 0.3) is 0 Å². The van der Waals surface area contributed by atoms with Gasteiger partial charge in [-0.25, -0.2) is 9.18 Å². The highest BCUT2D eigenvalue weighted by Gasteiger charge is 2.46. The largest absolute Gasteiger partial charge is 0.477 e. The van der Waals surface area contributed by atoms with Crippen molar-refractivity contribution in [3.63, 3.8) is 0 Å². The van der Waals surface area contributed by atoms with Crippen molar-refractivity contribution in [2.75, 3.05) is 11.1 Å². The van der Waals surface area contributed by atoms with Crippen molar-refractivity contribution in [3.8, 4) is 0 Å². The van der Waals surface area contributed by atoms with Gasteiger partial charge in [0.05, 0.1) is 22.3 Å². The van der Waals surface area contributed by atoms with Crippen LogP contribution in [0.2, 0.25) is 0 Å². The third-order valence-corrected chi connectivity index (χ3v) is 7.38. The third kappa shape index (κ3) is 4.16. The fraction of sp³-hybridized carbons (Fsp3) is 0.407. The zero-order chi connectivity index (χ0) is 25.1. The number of carboxylic acids is 1. The number of benzene rings is 2. The van der Waals surface area contributed by atoms with Gasteiger partial charge < -0.3 is 26.0 Å². The van der Waals surface area contributed by atoms with Gasteiger partial charge in [-0.1, -0.05) is 30.3 Å². The van der Waals surface area contributed by atoms with Crippen LogP contribution in [-0.2, 0) is 0 Å². The summed E-state index contributed by atoms with van der Waals surface area (Å²) in [6.07, 6.45) is 4.10. The Morgan fingerprint density at radius 3 is 2.57 bits per heavy atom. The van der Waals surface area contributed by atoms with E-state index < -0.39 is 22.8 Å². The predicted octanol–water partition coefficient (Wildman–Crippen LogP) is 4.48. The van der Waals surface area contributed by atoms with E-state index in [-0.39, 0.29) is 28.3 Å². The Morgan fingerprint density at radius 2 is 1.94 bits per heavy atom. The van der Waals surface area contributed by atoms with Gasteiger partial charge in [-0.2, -0.15) is 0 Å². The van der Waals surface area contributed by atoms with E-state index in [1.165, 1.54) is 11.8 Å². The number of aromatic nitrogens is 1. The zero-order valence-electron chi connectivity index (χ0n) is 20.1. The molecule has 8 heteroatoms. The number of hydrogen-bond acceptors (Lipinski definition) is 5. The van der Waals surface area contributed by atoms with E-state index in [1.807, 2.05) is 19.9 Å². The standard InChI is InChI=1S/C27H31FN4O3/c1-14(2)32-13-18(26(34)35)25(33)22-21(32)10-20(23(28)24(22)29)31-27(3)11-16(12-27)30-19-9-17(19)15-7-5-4-6-8-15/h4-8,10,13-14,16-17,19,30-31H,9,11-12,29H2,1-3H3,(H,34,35)/t16-,17?,19-,27+/m1/s1. The number of halogens is 1. The van der Waals surface area contributed by atoms with Crippen molar-refractivity contribution in [2.24, 2.45) is 0 Å². The number of nitrogens with one attached hydrogen (secondary N) is 2. The molecule has 1 heterocycles. The number of anilines is 2. The number of hydrogen-bond donors (Lipinski definition) is 4. The Balaban J connectivity index is 1.36. The maximum Gasteiger partial charge on any atom is 0.341 e. The molecule has 2 saturated carbocycles. The number of carboxylic acid groups (broad SMARTS) is 1. The maximum atomic E-state index is 15.3. The van der Waals surface area contributed by atoms with Crippen LogP contribution >= 0.6 is 0 Å². The topological polar surface area (TPSA) is 109 Å². The fourth-order valence-electron chi connectivity index (χ4n) is 5.50. The highest BCUT2D eigenvalue weighted by molar-refractivity contribution is 5.99. The van der Waals surface area contributed by atoms with Crippen LogP contribution in [0.3, 0.4) is 0 Å². The summed E-state index contributed by atoms with van der Waals surface area (Å²) >= 11 is 0. The Labute approximate surface area is 203 Å². The number of aromatic carboxylic acids is 1. The van der Waals surface area contributed by atoms with Crippen molar-refractivity contribution in [1.29, 1.82) is 0 Å². The van der Waals surface area contributed by atoms with Gasteiger partial charge in [0, 0.05) is 35.8 Å². The number of fused-ring (bicyclic) bond motifs is 1. The lowest BCUT2D eigenvalue weighted by molar-refractivity contribution is 0.0694. The van der Waals surface area contributed by atoms with Crippen molar-refractivity contribution in [3.05, 3.63) is 69.8 Å². The predicted molar refractivity (Wildman–Crippen MR) is 136 cm³/mol. The molecule has 2 aromatic carbocycles. The first-order valence-corrected chi connectivity index (χ1v) is 12.1. The van der Waals surface area contributed by atoms with Gasteiger partial charge in [-0.05, 0) is 51.7 Å². The molecule has 0 radical (unpaired) electrons. The average molecular weight is 479 g/mol. The van der Waals surface area contributed by atoms with Gasteiger partial charge in [0.1, 0.15) is 5.56 Å². The molecule has 0 bridgehead atoms. The molecular formula is C27H31FN4O3. The number of carbonyl (C=O) groups is 1. The van der Waals surface area contributed by atoms with Gasteiger partial charge in [-0.3, -0.25) is 4.79 Å². The van der Waals surface area contributed by atoms with E-state index in [2.05, 4.69) is 41.8 Å². The van der Waals surface area contributed by atoms with E-state index in [0.29, 0.717) is 23.5 Å². The highest BCUT2D eigenvalue weighted by Crippen LogP contribution is 2.44. The molecule has 7 nitrogen and oxygen atoms in total. The molecule has 0 aliphatic heterocycles. The quantitative estimate of drug-likeness (QED) is 0.373. The number of rotatable bonds is 7. The molecule has 2 aliphatic carbocycles. The number of nitrogens with zero attached hydrogens (tertiary/aromatic N) is 1. The molecule has 0 amide bonds. The minimum Gasteiger partial charge on any atom is -0.477 e. The molecule has 5 N–H and O–H groups in total. The van der Waals surface area contributed by atoms with Crippen LogP contribution < -0.4 is 21.8 Å². The van der Waals surface area contributed by atoms with Crippen LogP contribution in [0.5, 0.6) is 0 Å². The lowest BCUT2D eigenvalue weighted by atomic mass is 9.73. The van der Waals surface area contributed by atoms with Crippen LogP contribution in [0.4, 0.5) is 15.8 Å². The van der Waals surface area contributed by atoms with Crippen LogP contribution in [-0.4, -0.2) is 33.3 Å². The molecule has 1 aromatic heterocycles. The summed E-state index contributed by atoms with van der Waals surface area (Å²) in [7, 11) is 0. The van der Waals surface area contributed by atoms with E-state index in [1.54, 1.807) is 10.6 Å². The summed E-state index contributed by atoms with van der Waals surface area (Å²) in [5.41, 5.74) is 6.23. The minimum absolute atomic E-state index is 0.0966. The summed E-state index contributed by atoms with van der Waals surface area (Å²) in [5.74, 6) is -1.53. The Kier molecular flexibility index (Phi) is 5.59. The lowest BCUT2D eigenvalue weighted by Crippen LogP contribution is -2.56. The molecule has 0 saturated heterocycles. The summed E-state index contributed by atoms with van der Waals surface area (Å²) in [4.78, 5) is 24.4. The van der Waals surface area contributed by atoms with E-state index in [0.717, 1.165) is 19.3 Å². The van der Waals surface area contributed by atoms with E-state index in [9.17, 15) is 14.7 Å². The molecule has 0 spiro atoms. The van der Waals surface area contributed by atoms with Gasteiger partial charge in [0.15, 0.2) is 5.82 Å². The summed E-state index contributed by atoms with van der Waals surface area (Å²) in [5, 5.41) is 16.4. The van der Waals surface area contributed by atoms with Crippen molar-refractivity contribution < 1.29 is 14.3 Å². The van der Waals surface area contributed by atoms with Crippen molar-refractivity contribution in [2.45, 2.75) is 69.6 Å². The van der Waals surface area contributed by atoms with Gasteiger partial charge >= 0.3 is 5.97 Å². The molecule has 5 rings (SSSR count). The molecule has 2 aliphatic rings. The highest BCUT2D eigenvalue weighted by atomic mass is 19.1. The average Bonchev–Trinajstić information content (AvgIpc) is 3.55. The fourth-order valence-corrected chi connectivity index (χ4v) is 5.50. The molecule has 3 aromatic rings. The van der Waals surface area contributed by atoms with Crippen LogP contribution in [0.15, 0.2) is 47.4 Å². The van der Waals surface area contributed by atoms with Crippen LogP contribution in [0, 0.1) is 5.82 Å². The number of nitrogens with two attached hydrogens (primary N) is 1. The molecular weight excluding hydrogens is 447 g/mol. The second kappa shape index (κ2) is 8.37. The maximum absolute atomic E-state index is 15.3. The van der Waals surface area contributed by atoms with Crippen molar-refractivity contribution >= 4 is 28.2 Å². The van der Waals surface area contributed by atoms with E-state index in [4.69, 9.17) is 5.73 Å². The first-order chi connectivity index (χ1) is 16.6. The van der Waals surface area contributed by atoms with Crippen molar-refractivity contribution in [1.82, 2.24) is 9.88 Å². The summed E-state index contributed by atoms with van der Waals surface area (Å²) in [6, 6.07) is 12.7. The summed E-state index contributed by atoms with van der Waals surface area (Å²) in [6.45, 7) is 5.79. The molecule has 2 fully saturated rings. The second-order valence-corrected chi connectivity index (χ2v) is 10.5. The molecule has 184 valence electrons. The smallest absolute Gasteiger partial charge is 0.341 e. The Bertz CT molecular complexity index is 1360. The van der Waals surface area contributed by atoms with E-state index >= 15 is 4.39 Å². The van der Waals surface area contributed by atoms with Crippen LogP contribution in [0.25, 0.3) is 10.9 Å². The number of nitrogen functional groups attached to an aromatic ring is 1. The minimum atomic E-state index is -1.36. The monoisotopic (exact) mass is 478 g/mol. The SMILES string of the molecule is CC(C)n1cc(C(=O)O)c(=O)c2c(N)c(F)c(N[C@]3(C)C[C@H](N[C@@H]4CC4c4ccccc4)C3)cc21. The molecule has 1 unspecified atom stereocenters. The van der Waals surface area contributed by atoms with Crippen LogP contribution in [0.1, 0.15) is 67.9 Å².